The van der Waals surface area contributed by atoms with E-state index in [-0.39, 0.29) is 6.10 Å². The van der Waals surface area contributed by atoms with Crippen LogP contribution >= 0.6 is 11.6 Å². The Morgan fingerprint density at radius 1 is 1.26 bits per heavy atom. The molecule has 8 nitrogen and oxygen atoms in total. The highest BCUT2D eigenvalue weighted by Gasteiger charge is 2.19. The maximum atomic E-state index is 11.9. The maximum Gasteiger partial charge on any atom is 0.329 e. The van der Waals surface area contributed by atoms with Crippen molar-refractivity contribution in [3.63, 3.8) is 0 Å². The van der Waals surface area contributed by atoms with Crippen LogP contribution in [-0.2, 0) is 20.9 Å². The van der Waals surface area contributed by atoms with E-state index in [1.165, 1.54) is 13.3 Å². The fourth-order valence-corrected chi connectivity index (χ4v) is 3.27. The van der Waals surface area contributed by atoms with Gasteiger partial charge < -0.3 is 19.5 Å². The molecule has 164 valence electrons. The Kier molecular flexibility index (Phi) is 8.26. The summed E-state index contributed by atoms with van der Waals surface area (Å²) in [5.41, 5.74) is 3.74. The zero-order valence-electron chi connectivity index (χ0n) is 17.1. The van der Waals surface area contributed by atoms with Gasteiger partial charge in [0.05, 0.1) is 24.5 Å². The first-order valence-corrected chi connectivity index (χ1v) is 10.2. The summed E-state index contributed by atoms with van der Waals surface area (Å²) >= 11 is 6.34. The summed E-state index contributed by atoms with van der Waals surface area (Å²) in [5, 5.41) is 6.67. The van der Waals surface area contributed by atoms with E-state index < -0.39 is 11.8 Å². The first kappa shape index (κ1) is 22.6. The van der Waals surface area contributed by atoms with Crippen molar-refractivity contribution < 1.29 is 23.8 Å². The number of nitrogens with one attached hydrogen (secondary N) is 2. The Hall–Kier alpha value is -3.10. The zero-order chi connectivity index (χ0) is 22.1. The van der Waals surface area contributed by atoms with Gasteiger partial charge in [-0.2, -0.15) is 5.10 Å². The van der Waals surface area contributed by atoms with E-state index in [4.69, 9.17) is 25.8 Å². The Morgan fingerprint density at radius 2 is 2.06 bits per heavy atom. The number of carbonyl (C=O) groups excluding carboxylic acids is 2. The highest BCUT2D eigenvalue weighted by molar-refractivity contribution is 6.35. The molecule has 2 amide bonds. The molecule has 2 aromatic rings. The molecule has 31 heavy (non-hydrogen) atoms. The van der Waals surface area contributed by atoms with E-state index in [0.717, 1.165) is 18.4 Å². The fraction of sp³-hybridized carbons (Fsp3) is 0.318. The predicted octanol–water partition coefficient (Wildman–Crippen LogP) is 2.67. The number of hydrazone groups is 1. The van der Waals surface area contributed by atoms with Gasteiger partial charge in [-0.3, -0.25) is 9.59 Å². The zero-order valence-corrected chi connectivity index (χ0v) is 17.9. The SMILES string of the molecule is COc1cc(/C=N\NC(=O)C(=O)NC[C@@H]2CCCO2)cc(Cl)c1OCc1ccccc1. The lowest BCUT2D eigenvalue weighted by Gasteiger charge is -2.13. The summed E-state index contributed by atoms with van der Waals surface area (Å²) in [6.07, 6.45) is 3.14. The average molecular weight is 446 g/mol. The third kappa shape index (κ3) is 6.70. The number of carbonyl (C=O) groups is 2. The van der Waals surface area contributed by atoms with Gasteiger partial charge in [-0.15, -0.1) is 0 Å². The molecule has 1 aliphatic rings. The van der Waals surface area contributed by atoms with Gasteiger partial charge in [-0.25, -0.2) is 5.43 Å². The first-order chi connectivity index (χ1) is 15.1. The second kappa shape index (κ2) is 11.3. The van der Waals surface area contributed by atoms with Crippen LogP contribution in [0.5, 0.6) is 11.5 Å². The van der Waals surface area contributed by atoms with E-state index in [0.29, 0.717) is 41.8 Å². The van der Waals surface area contributed by atoms with Crippen molar-refractivity contribution in [3.8, 4) is 11.5 Å². The van der Waals surface area contributed by atoms with Crippen LogP contribution in [0.4, 0.5) is 0 Å². The number of methoxy groups -OCH3 is 1. The van der Waals surface area contributed by atoms with Crippen molar-refractivity contribution in [1.82, 2.24) is 10.7 Å². The molecule has 2 aromatic carbocycles. The third-order valence-electron chi connectivity index (χ3n) is 4.58. The van der Waals surface area contributed by atoms with E-state index in [2.05, 4.69) is 15.8 Å². The molecule has 0 aromatic heterocycles. The molecule has 9 heteroatoms. The first-order valence-electron chi connectivity index (χ1n) is 9.84. The molecule has 0 unspecified atom stereocenters. The highest BCUT2D eigenvalue weighted by atomic mass is 35.5. The van der Waals surface area contributed by atoms with Gasteiger partial charge in [-0.05, 0) is 36.1 Å². The lowest BCUT2D eigenvalue weighted by atomic mass is 10.2. The third-order valence-corrected chi connectivity index (χ3v) is 4.86. The quantitative estimate of drug-likeness (QED) is 0.370. The van der Waals surface area contributed by atoms with Crippen LogP contribution < -0.4 is 20.2 Å². The number of ether oxygens (including phenoxy) is 3. The molecular formula is C22H24ClN3O5. The number of hydrogen-bond acceptors (Lipinski definition) is 6. The number of rotatable bonds is 8. The molecule has 1 atom stereocenters. The topological polar surface area (TPSA) is 98.2 Å². The molecule has 1 heterocycles. The monoisotopic (exact) mass is 445 g/mol. The van der Waals surface area contributed by atoms with Gasteiger partial charge in [-0.1, -0.05) is 41.9 Å². The molecule has 0 aliphatic carbocycles. The van der Waals surface area contributed by atoms with E-state index in [9.17, 15) is 9.59 Å². The van der Waals surface area contributed by atoms with Crippen molar-refractivity contribution >= 4 is 29.6 Å². The minimum absolute atomic E-state index is 0.0440. The Bertz CT molecular complexity index is 930. The van der Waals surface area contributed by atoms with E-state index >= 15 is 0 Å². The van der Waals surface area contributed by atoms with Crippen LogP contribution in [0.3, 0.4) is 0 Å². The lowest BCUT2D eigenvalue weighted by molar-refractivity contribution is -0.139. The molecule has 1 fully saturated rings. The second-order valence-corrected chi connectivity index (χ2v) is 7.26. The maximum absolute atomic E-state index is 11.9. The Balaban J connectivity index is 1.55. The van der Waals surface area contributed by atoms with Gasteiger partial charge in [0, 0.05) is 13.2 Å². The second-order valence-electron chi connectivity index (χ2n) is 6.85. The summed E-state index contributed by atoms with van der Waals surface area (Å²) in [5.74, 6) is -0.809. The number of amides is 2. The summed E-state index contributed by atoms with van der Waals surface area (Å²) in [7, 11) is 1.50. The van der Waals surface area contributed by atoms with Crippen LogP contribution in [0, 0.1) is 0 Å². The molecule has 3 rings (SSSR count). The van der Waals surface area contributed by atoms with Crippen molar-refractivity contribution in [3.05, 3.63) is 58.6 Å². The largest absolute Gasteiger partial charge is 0.493 e. The van der Waals surface area contributed by atoms with Gasteiger partial charge in [0.15, 0.2) is 11.5 Å². The molecule has 2 N–H and O–H groups in total. The van der Waals surface area contributed by atoms with Crippen molar-refractivity contribution in [2.75, 3.05) is 20.3 Å². The van der Waals surface area contributed by atoms with E-state index in [1.54, 1.807) is 12.1 Å². The van der Waals surface area contributed by atoms with E-state index in [1.807, 2.05) is 30.3 Å². The number of hydrogen-bond donors (Lipinski definition) is 2. The summed E-state index contributed by atoms with van der Waals surface area (Å²) < 4.78 is 16.6. The lowest BCUT2D eigenvalue weighted by Crippen LogP contribution is -2.41. The number of benzene rings is 2. The summed E-state index contributed by atoms with van der Waals surface area (Å²) in [6.45, 7) is 1.31. The van der Waals surface area contributed by atoms with Gasteiger partial charge in [0.2, 0.25) is 0 Å². The van der Waals surface area contributed by atoms with Crippen LogP contribution in [-0.4, -0.2) is 44.4 Å². The van der Waals surface area contributed by atoms with Crippen molar-refractivity contribution in [2.45, 2.75) is 25.6 Å². The van der Waals surface area contributed by atoms with Crippen LogP contribution in [0.15, 0.2) is 47.6 Å². The minimum atomic E-state index is -0.866. The normalized spacial score (nSPS) is 15.6. The molecule has 0 radical (unpaired) electrons. The van der Waals surface area contributed by atoms with Crippen LogP contribution in [0.25, 0.3) is 0 Å². The average Bonchev–Trinajstić information content (AvgIpc) is 3.30. The molecule has 0 spiro atoms. The van der Waals surface area contributed by atoms with Crippen LogP contribution in [0.2, 0.25) is 5.02 Å². The smallest absolute Gasteiger partial charge is 0.329 e. The van der Waals surface area contributed by atoms with Crippen molar-refractivity contribution in [2.24, 2.45) is 5.10 Å². The molecular weight excluding hydrogens is 422 g/mol. The Morgan fingerprint density at radius 3 is 2.77 bits per heavy atom. The van der Waals surface area contributed by atoms with Gasteiger partial charge in [0.1, 0.15) is 6.61 Å². The highest BCUT2D eigenvalue weighted by Crippen LogP contribution is 2.36. The van der Waals surface area contributed by atoms with Crippen LogP contribution in [0.1, 0.15) is 24.0 Å². The summed E-state index contributed by atoms with van der Waals surface area (Å²) in [6, 6.07) is 13.0. The fourth-order valence-electron chi connectivity index (χ4n) is 2.99. The van der Waals surface area contributed by atoms with Crippen molar-refractivity contribution in [1.29, 1.82) is 0 Å². The predicted molar refractivity (Wildman–Crippen MR) is 116 cm³/mol. The molecule has 0 bridgehead atoms. The van der Waals surface area contributed by atoms with Gasteiger partial charge in [0.25, 0.3) is 0 Å². The molecule has 1 saturated heterocycles. The standard InChI is InChI=1S/C22H24ClN3O5/c1-29-19-11-16(10-18(23)20(19)31-14-15-6-3-2-4-7-15)12-25-26-22(28)21(27)24-13-17-8-5-9-30-17/h2-4,6-7,10-12,17H,5,8-9,13-14H2,1H3,(H,24,27)(H,26,28)/b25-12-/t17-/m0/s1. The Labute approximate surface area is 185 Å². The molecule has 1 aliphatic heterocycles. The van der Waals surface area contributed by atoms with Gasteiger partial charge >= 0.3 is 11.8 Å². The molecule has 0 saturated carbocycles. The number of halogens is 1. The minimum Gasteiger partial charge on any atom is -0.493 e. The summed E-state index contributed by atoms with van der Waals surface area (Å²) in [4.78, 5) is 23.7. The number of nitrogens with zero attached hydrogens (tertiary/aromatic N) is 1.